The van der Waals surface area contributed by atoms with E-state index in [1.54, 1.807) is 7.11 Å². The molecular weight excluding hydrogens is 204 g/mol. The van der Waals surface area contributed by atoms with Crippen molar-refractivity contribution in [2.75, 3.05) is 46.6 Å². The highest BCUT2D eigenvalue weighted by Gasteiger charge is 2.28. The summed E-state index contributed by atoms with van der Waals surface area (Å²) < 4.78 is 10.7. The molecule has 3 unspecified atom stereocenters. The second-order valence-electron chi connectivity index (χ2n) is 5.18. The van der Waals surface area contributed by atoms with Crippen LogP contribution in [0, 0.1) is 11.8 Å². The van der Waals surface area contributed by atoms with Crippen molar-refractivity contribution < 1.29 is 9.47 Å². The summed E-state index contributed by atoms with van der Waals surface area (Å²) in [5.74, 6) is 1.23. The van der Waals surface area contributed by atoms with E-state index in [1.807, 2.05) is 0 Å². The normalized spacial score (nSPS) is 36.8. The number of piperidine rings is 1. The Morgan fingerprint density at radius 1 is 1.44 bits per heavy atom. The Bertz CT molecular complexity index is 211. The summed E-state index contributed by atoms with van der Waals surface area (Å²) in [6.07, 6.45) is 2.59. The fourth-order valence-electron chi connectivity index (χ4n) is 2.82. The first-order valence-corrected chi connectivity index (χ1v) is 6.34. The van der Waals surface area contributed by atoms with Crippen molar-refractivity contribution in [3.63, 3.8) is 0 Å². The molecule has 0 saturated carbocycles. The van der Waals surface area contributed by atoms with E-state index in [-0.39, 0.29) is 6.04 Å². The van der Waals surface area contributed by atoms with Gasteiger partial charge in [0.15, 0.2) is 0 Å². The van der Waals surface area contributed by atoms with Gasteiger partial charge in [-0.15, -0.1) is 0 Å². The molecule has 16 heavy (non-hydrogen) atoms. The average molecular weight is 228 g/mol. The zero-order valence-corrected chi connectivity index (χ0v) is 10.2. The molecule has 2 N–H and O–H groups in total. The lowest BCUT2D eigenvalue weighted by Crippen LogP contribution is -2.43. The van der Waals surface area contributed by atoms with E-state index in [9.17, 15) is 0 Å². The summed E-state index contributed by atoms with van der Waals surface area (Å²) in [6, 6.07) is 0.239. The Kier molecular flexibility index (Phi) is 4.58. The maximum Gasteiger partial charge on any atom is 0.0621 e. The molecule has 4 nitrogen and oxygen atoms in total. The SMILES string of the molecule is COCC1CCCN(CC2COCC2N)C1. The molecule has 0 spiro atoms. The molecule has 0 aromatic rings. The van der Waals surface area contributed by atoms with Gasteiger partial charge in [0.2, 0.25) is 0 Å². The Hall–Kier alpha value is -0.160. The van der Waals surface area contributed by atoms with Crippen molar-refractivity contribution in [3.05, 3.63) is 0 Å². The number of nitrogens with two attached hydrogens (primary N) is 1. The van der Waals surface area contributed by atoms with Gasteiger partial charge in [0.05, 0.1) is 19.8 Å². The fraction of sp³-hybridized carbons (Fsp3) is 1.00. The summed E-state index contributed by atoms with van der Waals surface area (Å²) in [5, 5.41) is 0. The van der Waals surface area contributed by atoms with Crippen molar-refractivity contribution in [2.45, 2.75) is 18.9 Å². The number of rotatable bonds is 4. The molecular formula is C12H24N2O2. The predicted molar refractivity (Wildman–Crippen MR) is 63.3 cm³/mol. The number of methoxy groups -OCH3 is 1. The maximum atomic E-state index is 6.01. The van der Waals surface area contributed by atoms with E-state index < -0.39 is 0 Å². The van der Waals surface area contributed by atoms with E-state index in [4.69, 9.17) is 15.2 Å². The predicted octanol–water partition coefficient (Wildman–Crippen LogP) is 0.319. The second kappa shape index (κ2) is 5.96. The third-order valence-corrected chi connectivity index (χ3v) is 3.75. The first kappa shape index (κ1) is 12.3. The van der Waals surface area contributed by atoms with Crippen LogP contribution in [0.5, 0.6) is 0 Å². The molecule has 0 aromatic carbocycles. The van der Waals surface area contributed by atoms with Crippen LogP contribution in [0.3, 0.4) is 0 Å². The van der Waals surface area contributed by atoms with Crippen LogP contribution in [0.25, 0.3) is 0 Å². The van der Waals surface area contributed by atoms with Gasteiger partial charge in [-0.1, -0.05) is 0 Å². The summed E-state index contributed by atoms with van der Waals surface area (Å²) >= 11 is 0. The molecule has 3 atom stereocenters. The van der Waals surface area contributed by atoms with Gasteiger partial charge in [0, 0.05) is 32.2 Å². The molecule has 2 aliphatic heterocycles. The van der Waals surface area contributed by atoms with Crippen LogP contribution in [0.2, 0.25) is 0 Å². The zero-order chi connectivity index (χ0) is 11.4. The van der Waals surface area contributed by atoms with Crippen molar-refractivity contribution in [1.82, 2.24) is 4.90 Å². The van der Waals surface area contributed by atoms with Gasteiger partial charge in [-0.2, -0.15) is 0 Å². The van der Waals surface area contributed by atoms with Crippen LogP contribution in [0.1, 0.15) is 12.8 Å². The Morgan fingerprint density at radius 2 is 2.31 bits per heavy atom. The van der Waals surface area contributed by atoms with Crippen molar-refractivity contribution in [1.29, 1.82) is 0 Å². The lowest BCUT2D eigenvalue weighted by atomic mass is 9.96. The highest BCUT2D eigenvalue weighted by Crippen LogP contribution is 2.20. The fourth-order valence-corrected chi connectivity index (χ4v) is 2.82. The number of hydrogen-bond acceptors (Lipinski definition) is 4. The molecule has 0 amide bonds. The van der Waals surface area contributed by atoms with E-state index in [2.05, 4.69) is 4.90 Å². The minimum Gasteiger partial charge on any atom is -0.384 e. The van der Waals surface area contributed by atoms with E-state index in [0.29, 0.717) is 11.8 Å². The van der Waals surface area contributed by atoms with E-state index in [0.717, 1.165) is 32.9 Å². The lowest BCUT2D eigenvalue weighted by Gasteiger charge is -2.34. The highest BCUT2D eigenvalue weighted by molar-refractivity contribution is 4.83. The number of nitrogens with zero attached hydrogens (tertiary/aromatic N) is 1. The molecule has 0 aromatic heterocycles. The minimum absolute atomic E-state index is 0.239. The van der Waals surface area contributed by atoms with Gasteiger partial charge in [-0.3, -0.25) is 0 Å². The van der Waals surface area contributed by atoms with Crippen LogP contribution >= 0.6 is 0 Å². The minimum atomic E-state index is 0.239. The van der Waals surface area contributed by atoms with Crippen molar-refractivity contribution in [2.24, 2.45) is 17.6 Å². The average Bonchev–Trinajstić information content (AvgIpc) is 2.66. The summed E-state index contributed by atoms with van der Waals surface area (Å²) in [4.78, 5) is 2.53. The van der Waals surface area contributed by atoms with Gasteiger partial charge in [-0.05, 0) is 25.3 Å². The second-order valence-corrected chi connectivity index (χ2v) is 5.18. The largest absolute Gasteiger partial charge is 0.384 e. The third kappa shape index (κ3) is 3.17. The Morgan fingerprint density at radius 3 is 3.00 bits per heavy atom. The summed E-state index contributed by atoms with van der Waals surface area (Å²) in [6.45, 7) is 5.94. The van der Waals surface area contributed by atoms with Crippen LogP contribution in [-0.4, -0.2) is 57.5 Å². The first-order chi connectivity index (χ1) is 7.79. The molecule has 0 radical (unpaired) electrons. The third-order valence-electron chi connectivity index (χ3n) is 3.75. The molecule has 0 bridgehead atoms. The van der Waals surface area contributed by atoms with Crippen molar-refractivity contribution >= 4 is 0 Å². The van der Waals surface area contributed by atoms with Crippen LogP contribution < -0.4 is 5.73 Å². The molecule has 0 aliphatic carbocycles. The van der Waals surface area contributed by atoms with E-state index in [1.165, 1.54) is 19.4 Å². The van der Waals surface area contributed by atoms with E-state index >= 15 is 0 Å². The van der Waals surface area contributed by atoms with Crippen LogP contribution in [-0.2, 0) is 9.47 Å². The Balaban J connectivity index is 1.76. The quantitative estimate of drug-likeness (QED) is 0.753. The molecule has 2 aliphatic rings. The van der Waals surface area contributed by atoms with Gasteiger partial charge in [-0.25, -0.2) is 0 Å². The maximum absolute atomic E-state index is 6.01. The first-order valence-electron chi connectivity index (χ1n) is 6.34. The van der Waals surface area contributed by atoms with Gasteiger partial charge >= 0.3 is 0 Å². The number of hydrogen-bond donors (Lipinski definition) is 1. The smallest absolute Gasteiger partial charge is 0.0621 e. The summed E-state index contributed by atoms with van der Waals surface area (Å²) in [5.41, 5.74) is 6.01. The lowest BCUT2D eigenvalue weighted by molar-refractivity contribution is 0.0795. The summed E-state index contributed by atoms with van der Waals surface area (Å²) in [7, 11) is 1.79. The molecule has 2 fully saturated rings. The molecule has 2 rings (SSSR count). The molecule has 4 heteroatoms. The van der Waals surface area contributed by atoms with Crippen LogP contribution in [0.15, 0.2) is 0 Å². The van der Waals surface area contributed by atoms with Gasteiger partial charge < -0.3 is 20.1 Å². The standard InChI is InChI=1S/C12H24N2O2/c1-15-7-10-3-2-4-14(5-10)6-11-8-16-9-12(11)13/h10-12H,2-9,13H2,1H3. The highest BCUT2D eigenvalue weighted by atomic mass is 16.5. The number of likely N-dealkylation sites (tertiary alicyclic amines) is 1. The van der Waals surface area contributed by atoms with Gasteiger partial charge in [0.25, 0.3) is 0 Å². The Labute approximate surface area is 98.1 Å². The zero-order valence-electron chi connectivity index (χ0n) is 10.2. The number of ether oxygens (including phenoxy) is 2. The monoisotopic (exact) mass is 228 g/mol. The molecule has 94 valence electrons. The van der Waals surface area contributed by atoms with Crippen LogP contribution in [0.4, 0.5) is 0 Å². The molecule has 2 heterocycles. The van der Waals surface area contributed by atoms with Crippen molar-refractivity contribution in [3.8, 4) is 0 Å². The molecule has 2 saturated heterocycles. The topological polar surface area (TPSA) is 47.7 Å². The van der Waals surface area contributed by atoms with Gasteiger partial charge in [0.1, 0.15) is 0 Å².